The van der Waals surface area contributed by atoms with Gasteiger partial charge in [-0.3, -0.25) is 4.40 Å². The highest BCUT2D eigenvalue weighted by Crippen LogP contribution is 2.55. The first-order valence-electron chi connectivity index (χ1n) is 9.52. The molecule has 1 atom stereocenters. The molecule has 2 aliphatic rings. The van der Waals surface area contributed by atoms with E-state index in [-0.39, 0.29) is 5.54 Å². The Labute approximate surface area is 149 Å². The molecule has 5 rings (SSSR count). The lowest BCUT2D eigenvalue weighted by Crippen LogP contribution is -2.45. The summed E-state index contributed by atoms with van der Waals surface area (Å²) < 4.78 is 4.50. The van der Waals surface area contributed by atoms with Gasteiger partial charge in [-0.25, -0.2) is 4.98 Å². The summed E-state index contributed by atoms with van der Waals surface area (Å²) in [6.45, 7) is 4.57. The number of benzene rings is 1. The third-order valence-corrected chi connectivity index (χ3v) is 6.41. The van der Waals surface area contributed by atoms with Crippen molar-refractivity contribution >= 4 is 11.5 Å². The standard InChI is InChI=1S/C21H26N4/c1-15-9-5-6-10-17(15)25-16(2)18-19(21(25)11-7-4-8-12-21)24-14-13-23(3)20(24)22-18/h5-6,9-10,13-14,16H,4,7-8,11-12H2,1-3H3. The fraction of sp³-hybridized carbons (Fsp3) is 0.476. The summed E-state index contributed by atoms with van der Waals surface area (Å²) in [6, 6.07) is 9.16. The van der Waals surface area contributed by atoms with Gasteiger partial charge in [-0.05, 0) is 38.3 Å². The van der Waals surface area contributed by atoms with E-state index in [4.69, 9.17) is 4.98 Å². The van der Waals surface area contributed by atoms with Crippen LogP contribution in [0.5, 0.6) is 0 Å². The van der Waals surface area contributed by atoms with Gasteiger partial charge in [-0.15, -0.1) is 0 Å². The van der Waals surface area contributed by atoms with Gasteiger partial charge in [0.15, 0.2) is 0 Å². The van der Waals surface area contributed by atoms with E-state index in [0.29, 0.717) is 6.04 Å². The number of fused-ring (bicyclic) bond motifs is 4. The number of nitrogens with zero attached hydrogens (tertiary/aromatic N) is 4. The van der Waals surface area contributed by atoms with Gasteiger partial charge >= 0.3 is 0 Å². The highest BCUT2D eigenvalue weighted by molar-refractivity contribution is 5.63. The van der Waals surface area contributed by atoms with E-state index in [9.17, 15) is 0 Å². The fourth-order valence-electron chi connectivity index (χ4n) is 5.31. The van der Waals surface area contributed by atoms with E-state index in [1.807, 2.05) is 0 Å². The van der Waals surface area contributed by atoms with Gasteiger partial charge in [0.1, 0.15) is 0 Å². The Balaban J connectivity index is 1.79. The summed E-state index contributed by atoms with van der Waals surface area (Å²) in [4.78, 5) is 7.77. The zero-order valence-corrected chi connectivity index (χ0v) is 15.4. The van der Waals surface area contributed by atoms with Crippen LogP contribution in [0.4, 0.5) is 5.69 Å². The lowest BCUT2D eigenvalue weighted by molar-refractivity contribution is 0.276. The molecule has 2 aromatic heterocycles. The molecule has 1 unspecified atom stereocenters. The number of imidazole rings is 2. The zero-order chi connectivity index (χ0) is 17.2. The first-order chi connectivity index (χ1) is 12.1. The van der Waals surface area contributed by atoms with Crippen molar-refractivity contribution in [1.29, 1.82) is 0 Å². The molecular weight excluding hydrogens is 308 g/mol. The second-order valence-corrected chi connectivity index (χ2v) is 7.85. The van der Waals surface area contributed by atoms with Crippen molar-refractivity contribution in [2.75, 3.05) is 4.90 Å². The molecule has 1 aliphatic carbocycles. The molecule has 3 aromatic rings. The molecule has 1 spiro atoms. The van der Waals surface area contributed by atoms with Crippen molar-refractivity contribution in [3.8, 4) is 0 Å². The van der Waals surface area contributed by atoms with Crippen LogP contribution >= 0.6 is 0 Å². The number of hydrogen-bond acceptors (Lipinski definition) is 2. The summed E-state index contributed by atoms with van der Waals surface area (Å²) in [5, 5.41) is 0. The minimum absolute atomic E-state index is 0.0832. The van der Waals surface area contributed by atoms with Crippen LogP contribution in [0.1, 0.15) is 62.0 Å². The number of para-hydroxylation sites is 1. The quantitative estimate of drug-likeness (QED) is 0.643. The molecule has 25 heavy (non-hydrogen) atoms. The molecular formula is C21H26N4. The lowest BCUT2D eigenvalue weighted by atomic mass is 9.79. The minimum atomic E-state index is 0.0832. The minimum Gasteiger partial charge on any atom is -0.352 e. The molecule has 0 saturated heterocycles. The maximum absolute atomic E-state index is 5.07. The highest BCUT2D eigenvalue weighted by Gasteiger charge is 2.52. The average molecular weight is 334 g/mol. The number of rotatable bonds is 1. The van der Waals surface area contributed by atoms with Crippen molar-refractivity contribution in [2.24, 2.45) is 7.05 Å². The van der Waals surface area contributed by atoms with Crippen LogP contribution in [-0.2, 0) is 12.6 Å². The molecule has 1 aromatic carbocycles. The predicted octanol–water partition coefficient (Wildman–Crippen LogP) is 4.72. The summed E-state index contributed by atoms with van der Waals surface area (Å²) in [5.74, 6) is 1.08. The monoisotopic (exact) mass is 334 g/mol. The SMILES string of the molecule is Cc1ccccc1N1C(C)c2nc3n(C)ccn3c2C12CCCCC2. The van der Waals surface area contributed by atoms with Gasteiger partial charge in [0.2, 0.25) is 5.78 Å². The van der Waals surface area contributed by atoms with Gasteiger partial charge < -0.3 is 9.47 Å². The Hall–Kier alpha value is -2.23. The van der Waals surface area contributed by atoms with E-state index < -0.39 is 0 Å². The van der Waals surface area contributed by atoms with Crippen LogP contribution in [-0.4, -0.2) is 14.0 Å². The molecule has 0 amide bonds. The highest BCUT2D eigenvalue weighted by atomic mass is 15.3. The number of aryl methyl sites for hydroxylation is 2. The Morgan fingerprint density at radius 2 is 1.84 bits per heavy atom. The molecule has 1 aliphatic heterocycles. The second-order valence-electron chi connectivity index (χ2n) is 7.85. The first kappa shape index (κ1) is 15.1. The number of hydrogen-bond donors (Lipinski definition) is 0. The smallest absolute Gasteiger partial charge is 0.214 e. The lowest BCUT2D eigenvalue weighted by Gasteiger charge is -2.45. The van der Waals surface area contributed by atoms with Crippen molar-refractivity contribution in [2.45, 2.75) is 57.5 Å². The van der Waals surface area contributed by atoms with Crippen molar-refractivity contribution in [1.82, 2.24) is 14.0 Å². The van der Waals surface area contributed by atoms with Crippen LogP contribution < -0.4 is 4.90 Å². The van der Waals surface area contributed by atoms with Gasteiger partial charge in [-0.2, -0.15) is 0 Å². The average Bonchev–Trinajstić information content (AvgIpc) is 3.23. The van der Waals surface area contributed by atoms with Crippen molar-refractivity contribution in [3.63, 3.8) is 0 Å². The van der Waals surface area contributed by atoms with Gasteiger partial charge in [0, 0.05) is 25.1 Å². The summed E-state index contributed by atoms with van der Waals surface area (Å²) >= 11 is 0. The van der Waals surface area contributed by atoms with E-state index in [0.717, 1.165) is 5.78 Å². The summed E-state index contributed by atoms with van der Waals surface area (Å²) in [6.07, 6.45) is 10.7. The molecule has 4 heteroatoms. The van der Waals surface area contributed by atoms with E-state index in [1.165, 1.54) is 54.7 Å². The fourth-order valence-corrected chi connectivity index (χ4v) is 5.31. The largest absolute Gasteiger partial charge is 0.352 e. The van der Waals surface area contributed by atoms with Crippen LogP contribution in [0.25, 0.3) is 5.78 Å². The van der Waals surface area contributed by atoms with Gasteiger partial charge in [-0.1, -0.05) is 37.5 Å². The normalized spacial score (nSPS) is 22.0. The molecule has 0 radical (unpaired) electrons. The Morgan fingerprint density at radius 3 is 2.60 bits per heavy atom. The van der Waals surface area contributed by atoms with Crippen LogP contribution in [0.15, 0.2) is 36.7 Å². The predicted molar refractivity (Wildman–Crippen MR) is 101 cm³/mol. The number of aromatic nitrogens is 3. The molecule has 3 heterocycles. The zero-order valence-electron chi connectivity index (χ0n) is 15.4. The maximum atomic E-state index is 5.07. The Bertz CT molecular complexity index is 942. The Morgan fingerprint density at radius 1 is 1.08 bits per heavy atom. The molecule has 130 valence electrons. The molecule has 0 bridgehead atoms. The van der Waals surface area contributed by atoms with E-state index >= 15 is 0 Å². The van der Waals surface area contributed by atoms with Crippen LogP contribution in [0.3, 0.4) is 0 Å². The number of anilines is 1. The topological polar surface area (TPSA) is 25.5 Å². The second kappa shape index (κ2) is 5.13. The first-order valence-corrected chi connectivity index (χ1v) is 9.52. The van der Waals surface area contributed by atoms with Crippen molar-refractivity contribution < 1.29 is 0 Å². The van der Waals surface area contributed by atoms with Crippen molar-refractivity contribution in [3.05, 3.63) is 53.6 Å². The molecule has 1 fully saturated rings. The Kier molecular flexibility index (Phi) is 3.09. The summed E-state index contributed by atoms with van der Waals surface area (Å²) in [5.41, 5.74) is 5.54. The van der Waals surface area contributed by atoms with E-state index in [1.54, 1.807) is 0 Å². The third kappa shape index (κ3) is 1.85. The molecule has 0 N–H and O–H groups in total. The molecule has 1 saturated carbocycles. The van der Waals surface area contributed by atoms with Gasteiger partial charge in [0.25, 0.3) is 0 Å². The van der Waals surface area contributed by atoms with E-state index in [2.05, 4.69) is 71.4 Å². The van der Waals surface area contributed by atoms with Gasteiger partial charge in [0.05, 0.1) is 23.0 Å². The molecule has 4 nitrogen and oxygen atoms in total. The van der Waals surface area contributed by atoms with Crippen LogP contribution in [0, 0.1) is 6.92 Å². The summed E-state index contributed by atoms with van der Waals surface area (Å²) in [7, 11) is 2.09. The maximum Gasteiger partial charge on any atom is 0.214 e. The third-order valence-electron chi connectivity index (χ3n) is 6.41. The van der Waals surface area contributed by atoms with Crippen LogP contribution in [0.2, 0.25) is 0 Å².